The van der Waals surface area contributed by atoms with E-state index in [1.54, 1.807) is 12.1 Å². The van der Waals surface area contributed by atoms with Crippen LogP contribution in [0.25, 0.3) is 0 Å². The predicted molar refractivity (Wildman–Crippen MR) is 78.3 cm³/mol. The van der Waals surface area contributed by atoms with Crippen molar-refractivity contribution in [1.82, 2.24) is 4.90 Å². The van der Waals surface area contributed by atoms with Crippen molar-refractivity contribution in [3.63, 3.8) is 0 Å². The number of halogens is 1. The molecule has 0 radical (unpaired) electrons. The Bertz CT molecular complexity index is 437. The Labute approximate surface area is 122 Å². The number of carboxylic acids is 1. The molecule has 0 saturated heterocycles. The molecule has 106 valence electrons. The summed E-state index contributed by atoms with van der Waals surface area (Å²) >= 11 is 3.39. The zero-order chi connectivity index (χ0) is 14.4. The minimum absolute atomic E-state index is 0.0156. The number of hydrogen-bond acceptors (Lipinski definition) is 3. The SMILES string of the molecule is CCCN(CC(=O)O)C(CC)c1cc(Br)ccc1O. The molecule has 2 N–H and O–H groups in total. The van der Waals surface area contributed by atoms with Crippen molar-refractivity contribution in [2.75, 3.05) is 13.1 Å². The molecule has 0 aromatic heterocycles. The van der Waals surface area contributed by atoms with Crippen molar-refractivity contribution in [3.05, 3.63) is 28.2 Å². The molecule has 0 spiro atoms. The minimum atomic E-state index is -0.846. The zero-order valence-corrected chi connectivity index (χ0v) is 12.9. The first-order chi connectivity index (χ1) is 8.99. The van der Waals surface area contributed by atoms with Crippen LogP contribution in [-0.2, 0) is 4.79 Å². The second kappa shape index (κ2) is 7.50. The van der Waals surface area contributed by atoms with Crippen LogP contribution in [0.4, 0.5) is 0 Å². The third-order valence-corrected chi connectivity index (χ3v) is 3.52. The molecule has 5 heteroatoms. The summed E-state index contributed by atoms with van der Waals surface area (Å²) in [5, 5.41) is 19.0. The number of carbonyl (C=O) groups is 1. The van der Waals surface area contributed by atoms with E-state index in [4.69, 9.17) is 5.11 Å². The highest BCUT2D eigenvalue weighted by atomic mass is 79.9. The maximum atomic E-state index is 11.0. The lowest BCUT2D eigenvalue weighted by molar-refractivity contribution is -0.139. The van der Waals surface area contributed by atoms with Gasteiger partial charge in [0.25, 0.3) is 0 Å². The fourth-order valence-corrected chi connectivity index (χ4v) is 2.65. The maximum Gasteiger partial charge on any atom is 0.317 e. The number of aromatic hydroxyl groups is 1. The largest absolute Gasteiger partial charge is 0.508 e. The molecule has 1 aromatic carbocycles. The highest BCUT2D eigenvalue weighted by Gasteiger charge is 2.23. The number of rotatable bonds is 7. The highest BCUT2D eigenvalue weighted by molar-refractivity contribution is 9.10. The minimum Gasteiger partial charge on any atom is -0.508 e. The van der Waals surface area contributed by atoms with Crippen LogP contribution >= 0.6 is 15.9 Å². The van der Waals surface area contributed by atoms with Crippen LogP contribution in [0.15, 0.2) is 22.7 Å². The molecule has 0 saturated carbocycles. The molecule has 19 heavy (non-hydrogen) atoms. The number of nitrogens with zero attached hydrogens (tertiary/aromatic N) is 1. The first-order valence-electron chi connectivity index (χ1n) is 6.43. The maximum absolute atomic E-state index is 11.0. The van der Waals surface area contributed by atoms with Gasteiger partial charge in [-0.15, -0.1) is 0 Å². The van der Waals surface area contributed by atoms with Gasteiger partial charge in [0.15, 0.2) is 0 Å². The van der Waals surface area contributed by atoms with Crippen LogP contribution in [0.1, 0.15) is 38.3 Å². The third kappa shape index (κ3) is 4.51. The monoisotopic (exact) mass is 329 g/mol. The second-order valence-electron chi connectivity index (χ2n) is 4.49. The quantitative estimate of drug-likeness (QED) is 0.804. The number of phenolic OH excluding ortho intramolecular Hbond substituents is 1. The van der Waals surface area contributed by atoms with Crippen LogP contribution in [0.3, 0.4) is 0 Å². The number of phenols is 1. The van der Waals surface area contributed by atoms with E-state index < -0.39 is 5.97 Å². The summed E-state index contributed by atoms with van der Waals surface area (Å²) in [7, 11) is 0. The van der Waals surface area contributed by atoms with Gasteiger partial charge in [0.05, 0.1) is 6.54 Å². The lowest BCUT2D eigenvalue weighted by Crippen LogP contribution is -2.34. The van der Waals surface area contributed by atoms with Crippen LogP contribution in [-0.4, -0.2) is 34.2 Å². The Morgan fingerprint density at radius 1 is 1.42 bits per heavy atom. The van der Waals surface area contributed by atoms with E-state index in [1.807, 2.05) is 24.8 Å². The van der Waals surface area contributed by atoms with E-state index in [2.05, 4.69) is 15.9 Å². The van der Waals surface area contributed by atoms with Crippen LogP contribution in [0, 0.1) is 0 Å². The molecule has 0 aliphatic heterocycles. The topological polar surface area (TPSA) is 60.8 Å². The summed E-state index contributed by atoms with van der Waals surface area (Å²) in [6.45, 7) is 4.69. The van der Waals surface area contributed by atoms with E-state index in [-0.39, 0.29) is 18.3 Å². The Morgan fingerprint density at radius 3 is 2.63 bits per heavy atom. The average molecular weight is 330 g/mol. The smallest absolute Gasteiger partial charge is 0.317 e. The van der Waals surface area contributed by atoms with Gasteiger partial charge >= 0.3 is 5.97 Å². The van der Waals surface area contributed by atoms with Crippen molar-refractivity contribution in [2.24, 2.45) is 0 Å². The number of aliphatic carboxylic acids is 1. The van der Waals surface area contributed by atoms with Crippen LogP contribution in [0.5, 0.6) is 5.75 Å². The Kier molecular flexibility index (Phi) is 6.31. The summed E-state index contributed by atoms with van der Waals surface area (Å²) in [4.78, 5) is 12.9. The molecule has 0 heterocycles. The third-order valence-electron chi connectivity index (χ3n) is 3.03. The van der Waals surface area contributed by atoms with Gasteiger partial charge in [-0.3, -0.25) is 9.69 Å². The lowest BCUT2D eigenvalue weighted by Gasteiger charge is -2.30. The second-order valence-corrected chi connectivity index (χ2v) is 5.41. The molecule has 1 aromatic rings. The van der Waals surface area contributed by atoms with E-state index in [0.29, 0.717) is 6.54 Å². The fourth-order valence-electron chi connectivity index (χ4n) is 2.27. The first kappa shape index (κ1) is 16.0. The van der Waals surface area contributed by atoms with Crippen molar-refractivity contribution in [2.45, 2.75) is 32.7 Å². The van der Waals surface area contributed by atoms with Gasteiger partial charge in [-0.25, -0.2) is 0 Å². The number of hydrogen-bond donors (Lipinski definition) is 2. The highest BCUT2D eigenvalue weighted by Crippen LogP contribution is 2.33. The summed E-state index contributed by atoms with van der Waals surface area (Å²) in [5.41, 5.74) is 0.770. The summed E-state index contributed by atoms with van der Waals surface area (Å²) in [6, 6.07) is 5.17. The molecule has 1 atom stereocenters. The lowest BCUT2D eigenvalue weighted by atomic mass is 10.0. The van der Waals surface area contributed by atoms with Gasteiger partial charge in [0.2, 0.25) is 0 Å². The average Bonchev–Trinajstić information content (AvgIpc) is 2.34. The van der Waals surface area contributed by atoms with Gasteiger partial charge in [0, 0.05) is 16.1 Å². The molecule has 0 aliphatic rings. The number of carboxylic acid groups (broad SMARTS) is 1. The predicted octanol–water partition coefficient (Wildman–Crippen LogP) is 3.40. The fraction of sp³-hybridized carbons (Fsp3) is 0.500. The first-order valence-corrected chi connectivity index (χ1v) is 7.23. The Hall–Kier alpha value is -1.07. The van der Waals surface area contributed by atoms with E-state index in [1.165, 1.54) is 0 Å². The van der Waals surface area contributed by atoms with Gasteiger partial charge < -0.3 is 10.2 Å². The Morgan fingerprint density at radius 2 is 2.11 bits per heavy atom. The van der Waals surface area contributed by atoms with E-state index in [0.717, 1.165) is 22.9 Å². The van der Waals surface area contributed by atoms with Crippen molar-refractivity contribution >= 4 is 21.9 Å². The van der Waals surface area contributed by atoms with E-state index in [9.17, 15) is 9.90 Å². The number of benzene rings is 1. The molecule has 0 amide bonds. The van der Waals surface area contributed by atoms with Crippen molar-refractivity contribution in [1.29, 1.82) is 0 Å². The van der Waals surface area contributed by atoms with Gasteiger partial charge in [-0.2, -0.15) is 0 Å². The van der Waals surface area contributed by atoms with Gasteiger partial charge in [0.1, 0.15) is 5.75 Å². The molecular formula is C14H20BrNO3. The van der Waals surface area contributed by atoms with Crippen molar-refractivity contribution < 1.29 is 15.0 Å². The zero-order valence-electron chi connectivity index (χ0n) is 11.3. The van der Waals surface area contributed by atoms with Gasteiger partial charge in [-0.1, -0.05) is 29.8 Å². The normalized spacial score (nSPS) is 12.6. The molecule has 4 nitrogen and oxygen atoms in total. The van der Waals surface area contributed by atoms with Crippen LogP contribution in [0.2, 0.25) is 0 Å². The van der Waals surface area contributed by atoms with Crippen LogP contribution < -0.4 is 0 Å². The standard InChI is InChI=1S/C14H20BrNO3/c1-3-7-16(9-14(18)19)12(4-2)11-8-10(15)5-6-13(11)17/h5-6,8,12,17H,3-4,7,9H2,1-2H3,(H,18,19). The molecular weight excluding hydrogens is 310 g/mol. The molecule has 1 unspecified atom stereocenters. The van der Waals surface area contributed by atoms with Crippen molar-refractivity contribution in [3.8, 4) is 5.75 Å². The summed E-state index contributed by atoms with van der Waals surface area (Å²) in [6.07, 6.45) is 1.62. The summed E-state index contributed by atoms with van der Waals surface area (Å²) < 4.78 is 0.880. The summed E-state index contributed by atoms with van der Waals surface area (Å²) in [5.74, 6) is -0.636. The van der Waals surface area contributed by atoms with E-state index >= 15 is 0 Å². The molecule has 0 aliphatic carbocycles. The molecule has 0 bridgehead atoms. The Balaban J connectivity index is 3.07. The molecule has 1 rings (SSSR count). The molecule has 0 fully saturated rings. The van der Waals surface area contributed by atoms with Gasteiger partial charge in [-0.05, 0) is 37.6 Å².